The fourth-order valence-electron chi connectivity index (χ4n) is 1.71. The Morgan fingerprint density at radius 2 is 1.74 bits per heavy atom. The maximum Gasteiger partial charge on any atom is 0.288 e. The molecule has 2 aromatic carbocycles. The van der Waals surface area contributed by atoms with E-state index in [1.165, 1.54) is 12.1 Å². The number of phenols is 2. The van der Waals surface area contributed by atoms with Crippen molar-refractivity contribution in [2.24, 2.45) is 0 Å². The second-order valence-corrected chi connectivity index (χ2v) is 3.81. The Morgan fingerprint density at radius 3 is 2.32 bits per heavy atom. The molecule has 6 heteroatoms. The Kier molecular flexibility index (Phi) is 3.15. The van der Waals surface area contributed by atoms with Crippen LogP contribution in [0.2, 0.25) is 0 Å². The van der Waals surface area contributed by atoms with E-state index in [-0.39, 0.29) is 5.56 Å². The van der Waals surface area contributed by atoms with Crippen molar-refractivity contribution in [2.75, 3.05) is 0 Å². The number of nitro benzene ring substituents is 1. The highest BCUT2D eigenvalue weighted by Gasteiger charge is 2.26. The molecule has 0 aliphatic carbocycles. The zero-order chi connectivity index (χ0) is 14.0. The number of benzene rings is 2. The minimum atomic E-state index is -0.824. The highest BCUT2D eigenvalue weighted by atomic mass is 16.6. The third-order valence-corrected chi connectivity index (χ3v) is 2.54. The van der Waals surface area contributed by atoms with Gasteiger partial charge in [0.1, 0.15) is 17.1 Å². The summed E-state index contributed by atoms with van der Waals surface area (Å²) in [6, 6.07) is 9.60. The summed E-state index contributed by atoms with van der Waals surface area (Å²) >= 11 is 0. The predicted octanol–water partition coefficient (Wildman–Crippen LogP) is 2.24. The lowest BCUT2D eigenvalue weighted by Gasteiger charge is -2.05. The molecule has 96 valence electrons. The van der Waals surface area contributed by atoms with E-state index in [1.54, 1.807) is 18.2 Å². The molecule has 0 spiro atoms. The molecule has 0 fully saturated rings. The first-order chi connectivity index (χ1) is 9.00. The number of hydrogen-bond donors (Lipinski definition) is 2. The first-order valence-corrected chi connectivity index (χ1v) is 5.31. The third kappa shape index (κ3) is 2.37. The van der Waals surface area contributed by atoms with Gasteiger partial charge in [-0.25, -0.2) is 0 Å². The molecule has 0 radical (unpaired) electrons. The van der Waals surface area contributed by atoms with Crippen LogP contribution < -0.4 is 0 Å². The Labute approximate surface area is 107 Å². The fourth-order valence-corrected chi connectivity index (χ4v) is 1.71. The zero-order valence-electron chi connectivity index (χ0n) is 9.61. The average molecular weight is 259 g/mol. The first-order valence-electron chi connectivity index (χ1n) is 5.31. The van der Waals surface area contributed by atoms with Gasteiger partial charge in [-0.05, 0) is 0 Å². The lowest BCUT2D eigenvalue weighted by Crippen LogP contribution is -2.05. The first kappa shape index (κ1) is 12.6. The summed E-state index contributed by atoms with van der Waals surface area (Å²) < 4.78 is 0. The van der Waals surface area contributed by atoms with Gasteiger partial charge in [-0.2, -0.15) is 0 Å². The quantitative estimate of drug-likeness (QED) is 0.500. The van der Waals surface area contributed by atoms with Crippen LogP contribution in [0.4, 0.5) is 5.69 Å². The van der Waals surface area contributed by atoms with Crippen LogP contribution in [0.3, 0.4) is 0 Å². The summed E-state index contributed by atoms with van der Waals surface area (Å²) in [5.74, 6) is -1.78. The van der Waals surface area contributed by atoms with Crippen molar-refractivity contribution in [1.82, 2.24) is 0 Å². The number of phenolic OH excluding ortho intramolecular Hbond substituents is 2. The molecule has 0 aliphatic heterocycles. The smallest absolute Gasteiger partial charge is 0.288 e. The molecule has 0 saturated heterocycles. The molecule has 0 aromatic heterocycles. The topological polar surface area (TPSA) is 101 Å². The van der Waals surface area contributed by atoms with Gasteiger partial charge in [0.15, 0.2) is 0 Å². The monoisotopic (exact) mass is 259 g/mol. The van der Waals surface area contributed by atoms with Gasteiger partial charge in [0.2, 0.25) is 5.78 Å². The summed E-state index contributed by atoms with van der Waals surface area (Å²) in [6.45, 7) is 0. The summed E-state index contributed by atoms with van der Waals surface area (Å²) in [5, 5.41) is 29.8. The largest absolute Gasteiger partial charge is 0.508 e. The molecule has 0 saturated carbocycles. The molecule has 19 heavy (non-hydrogen) atoms. The molecule has 0 atom stereocenters. The number of rotatable bonds is 3. The Hall–Kier alpha value is -2.89. The summed E-state index contributed by atoms with van der Waals surface area (Å²) in [7, 11) is 0. The maximum atomic E-state index is 12.2. The SMILES string of the molecule is O=C(c1ccccc1)c1c(O)cc(O)cc1[N+](=O)[O-]. The molecule has 2 rings (SSSR count). The maximum absolute atomic E-state index is 12.2. The van der Waals surface area contributed by atoms with Crippen LogP contribution in [0.1, 0.15) is 15.9 Å². The van der Waals surface area contributed by atoms with Crippen LogP contribution in [0.25, 0.3) is 0 Å². The number of hydrogen-bond acceptors (Lipinski definition) is 5. The molecule has 0 bridgehead atoms. The van der Waals surface area contributed by atoms with Crippen molar-refractivity contribution in [2.45, 2.75) is 0 Å². The van der Waals surface area contributed by atoms with Crippen LogP contribution in [0.15, 0.2) is 42.5 Å². The van der Waals surface area contributed by atoms with Crippen molar-refractivity contribution in [3.63, 3.8) is 0 Å². The van der Waals surface area contributed by atoms with Gasteiger partial charge >= 0.3 is 0 Å². The number of nitrogens with zero attached hydrogens (tertiary/aromatic N) is 1. The van der Waals surface area contributed by atoms with Crippen molar-refractivity contribution < 1.29 is 19.9 Å². The molecule has 0 unspecified atom stereocenters. The molecule has 6 nitrogen and oxygen atoms in total. The van der Waals surface area contributed by atoms with Crippen molar-refractivity contribution in [3.05, 3.63) is 63.7 Å². The number of carbonyl (C=O) groups excluding carboxylic acids is 1. The van der Waals surface area contributed by atoms with Gasteiger partial charge in [0.25, 0.3) is 5.69 Å². The van der Waals surface area contributed by atoms with Crippen LogP contribution >= 0.6 is 0 Å². The minimum Gasteiger partial charge on any atom is -0.508 e. The van der Waals surface area contributed by atoms with E-state index in [0.29, 0.717) is 0 Å². The summed E-state index contributed by atoms with van der Waals surface area (Å²) in [5.41, 5.74) is -0.855. The minimum absolute atomic E-state index is 0.214. The second-order valence-electron chi connectivity index (χ2n) is 3.81. The van der Waals surface area contributed by atoms with Crippen LogP contribution in [-0.4, -0.2) is 20.9 Å². The van der Waals surface area contributed by atoms with E-state index in [1.807, 2.05) is 0 Å². The van der Waals surface area contributed by atoms with E-state index >= 15 is 0 Å². The highest BCUT2D eigenvalue weighted by molar-refractivity contribution is 6.13. The van der Waals surface area contributed by atoms with E-state index in [4.69, 9.17) is 0 Å². The van der Waals surface area contributed by atoms with Gasteiger partial charge in [-0.1, -0.05) is 30.3 Å². The summed E-state index contributed by atoms with van der Waals surface area (Å²) in [4.78, 5) is 22.2. The number of aromatic hydroxyl groups is 2. The van der Waals surface area contributed by atoms with Gasteiger partial charge in [-0.3, -0.25) is 14.9 Å². The zero-order valence-corrected chi connectivity index (χ0v) is 9.61. The van der Waals surface area contributed by atoms with E-state index < -0.39 is 33.5 Å². The normalized spacial score (nSPS) is 10.1. The molecule has 2 N–H and O–H groups in total. The van der Waals surface area contributed by atoms with E-state index in [9.17, 15) is 25.1 Å². The number of ketones is 1. The summed E-state index contributed by atoms with van der Waals surface area (Å²) in [6.07, 6.45) is 0. The lowest BCUT2D eigenvalue weighted by molar-refractivity contribution is -0.385. The fraction of sp³-hybridized carbons (Fsp3) is 0. The highest BCUT2D eigenvalue weighted by Crippen LogP contribution is 2.34. The predicted molar refractivity (Wildman–Crippen MR) is 66.3 cm³/mol. The second kappa shape index (κ2) is 4.77. The van der Waals surface area contributed by atoms with Crippen molar-refractivity contribution in [1.29, 1.82) is 0 Å². The molecular weight excluding hydrogens is 250 g/mol. The molecule has 0 amide bonds. The molecule has 2 aromatic rings. The Bertz CT molecular complexity index is 652. The van der Waals surface area contributed by atoms with Crippen molar-refractivity contribution >= 4 is 11.5 Å². The lowest BCUT2D eigenvalue weighted by atomic mass is 10.0. The molecular formula is C13H9NO5. The van der Waals surface area contributed by atoms with E-state index in [0.717, 1.165) is 12.1 Å². The standard InChI is InChI=1S/C13H9NO5/c15-9-6-10(14(18)19)12(11(16)7-9)13(17)8-4-2-1-3-5-8/h1-7,15-16H. The van der Waals surface area contributed by atoms with Crippen LogP contribution in [-0.2, 0) is 0 Å². The van der Waals surface area contributed by atoms with Gasteiger partial charge in [-0.15, -0.1) is 0 Å². The van der Waals surface area contributed by atoms with Gasteiger partial charge < -0.3 is 10.2 Å². The van der Waals surface area contributed by atoms with Crippen LogP contribution in [0, 0.1) is 10.1 Å². The van der Waals surface area contributed by atoms with Gasteiger partial charge in [0.05, 0.1) is 11.0 Å². The van der Waals surface area contributed by atoms with Gasteiger partial charge in [0, 0.05) is 11.6 Å². The molecule has 0 aliphatic rings. The Morgan fingerprint density at radius 1 is 1.11 bits per heavy atom. The average Bonchev–Trinajstić information content (AvgIpc) is 2.38. The molecule has 0 heterocycles. The number of nitro groups is 1. The van der Waals surface area contributed by atoms with E-state index in [2.05, 4.69) is 0 Å². The van der Waals surface area contributed by atoms with Crippen LogP contribution in [0.5, 0.6) is 11.5 Å². The van der Waals surface area contributed by atoms with Crippen molar-refractivity contribution in [3.8, 4) is 11.5 Å². The number of carbonyl (C=O) groups is 1. The third-order valence-electron chi connectivity index (χ3n) is 2.54. The Balaban J connectivity index is 2.62.